The normalized spacial score (nSPS) is 13.1. The van der Waals surface area contributed by atoms with Crippen LogP contribution < -0.4 is 10.2 Å². The van der Waals surface area contributed by atoms with Crippen molar-refractivity contribution in [3.05, 3.63) is 35.9 Å². The van der Waals surface area contributed by atoms with Crippen molar-refractivity contribution in [1.29, 1.82) is 0 Å². The van der Waals surface area contributed by atoms with E-state index >= 15 is 0 Å². The van der Waals surface area contributed by atoms with Crippen LogP contribution in [0.1, 0.15) is 26.3 Å². The highest BCUT2D eigenvalue weighted by molar-refractivity contribution is 5.99. The molecule has 0 saturated carbocycles. The summed E-state index contributed by atoms with van der Waals surface area (Å²) in [6.45, 7) is 7.01. The Morgan fingerprint density at radius 3 is 2.67 bits per heavy atom. The number of methoxy groups -OCH3 is 1. The average molecular weight is 290 g/mol. The van der Waals surface area contributed by atoms with Crippen molar-refractivity contribution in [1.82, 2.24) is 0 Å². The molecule has 0 aliphatic heterocycles. The molecule has 0 saturated heterocycles. The molecule has 0 radical (unpaired) electrons. The third-order valence-corrected chi connectivity index (χ3v) is 2.84. The van der Waals surface area contributed by atoms with Crippen molar-refractivity contribution in [2.75, 3.05) is 12.5 Å². The number of anilines is 1. The lowest BCUT2D eigenvalue weighted by molar-refractivity contribution is -0.142. The smallest absolute Gasteiger partial charge is 0.303 e. The van der Waals surface area contributed by atoms with E-state index in [-0.39, 0.29) is 5.97 Å². The highest BCUT2D eigenvalue weighted by atomic mass is 16.5. The summed E-state index contributed by atoms with van der Waals surface area (Å²) in [6.07, 6.45) is 3.24. The summed E-state index contributed by atoms with van der Waals surface area (Å²) >= 11 is 0. The fourth-order valence-electron chi connectivity index (χ4n) is 1.76. The number of rotatable bonds is 6. The van der Waals surface area contributed by atoms with Crippen molar-refractivity contribution in [2.24, 2.45) is 5.10 Å². The molecule has 0 fully saturated rings. The van der Waals surface area contributed by atoms with Crippen molar-refractivity contribution in [2.45, 2.75) is 33.8 Å². The number of nitrogens with one attached hydrogen (secondary N) is 1. The first kappa shape index (κ1) is 16.8. The summed E-state index contributed by atoms with van der Waals surface area (Å²) in [4.78, 5) is 11.0. The van der Waals surface area contributed by atoms with E-state index in [0.717, 1.165) is 17.0 Å². The van der Waals surface area contributed by atoms with Gasteiger partial charge in [-0.15, -0.1) is 0 Å². The van der Waals surface area contributed by atoms with Crippen LogP contribution in [0.5, 0.6) is 5.75 Å². The molecular formula is C16H22N2O3. The number of carbonyl (C=O) groups excluding carboxylic acids is 1. The summed E-state index contributed by atoms with van der Waals surface area (Å²) in [5.41, 5.74) is 5.52. The fourth-order valence-corrected chi connectivity index (χ4v) is 1.76. The van der Waals surface area contributed by atoms with Gasteiger partial charge in [0.15, 0.2) is 0 Å². The van der Waals surface area contributed by atoms with Crippen LogP contribution >= 0.6 is 0 Å². The molecule has 1 aromatic carbocycles. The van der Waals surface area contributed by atoms with E-state index in [1.165, 1.54) is 6.92 Å². The Bertz CT molecular complexity index is 550. The van der Waals surface area contributed by atoms with Crippen molar-refractivity contribution in [3.8, 4) is 5.75 Å². The van der Waals surface area contributed by atoms with Crippen LogP contribution in [0.25, 0.3) is 0 Å². The molecule has 0 aliphatic rings. The summed E-state index contributed by atoms with van der Waals surface area (Å²) in [6, 6.07) is 5.67. The van der Waals surface area contributed by atoms with E-state index in [1.54, 1.807) is 20.1 Å². The number of carbonyl (C=O) groups is 1. The van der Waals surface area contributed by atoms with Gasteiger partial charge in [0.25, 0.3) is 0 Å². The van der Waals surface area contributed by atoms with Gasteiger partial charge in [-0.05, 0) is 50.6 Å². The van der Waals surface area contributed by atoms with Crippen LogP contribution in [-0.4, -0.2) is 24.9 Å². The predicted octanol–water partition coefficient (Wildman–Crippen LogP) is 3.30. The first-order valence-corrected chi connectivity index (χ1v) is 6.76. The second-order valence-electron chi connectivity index (χ2n) is 4.58. The van der Waals surface area contributed by atoms with Gasteiger partial charge in [0.1, 0.15) is 17.6 Å². The highest BCUT2D eigenvalue weighted by Gasteiger charge is 2.11. The van der Waals surface area contributed by atoms with E-state index in [2.05, 4.69) is 10.5 Å². The highest BCUT2D eigenvalue weighted by Crippen LogP contribution is 2.21. The zero-order valence-electron chi connectivity index (χ0n) is 13.1. The van der Waals surface area contributed by atoms with Crippen LogP contribution in [-0.2, 0) is 9.53 Å². The second-order valence-corrected chi connectivity index (χ2v) is 4.58. The molecule has 0 amide bonds. The van der Waals surface area contributed by atoms with Gasteiger partial charge in [-0.3, -0.25) is 10.2 Å². The Morgan fingerprint density at radius 1 is 1.43 bits per heavy atom. The molecule has 21 heavy (non-hydrogen) atoms. The van der Waals surface area contributed by atoms with E-state index in [9.17, 15) is 4.79 Å². The zero-order chi connectivity index (χ0) is 15.8. The average Bonchev–Trinajstić information content (AvgIpc) is 2.43. The number of nitrogens with zero attached hydrogens (tertiary/aromatic N) is 1. The molecule has 1 unspecified atom stereocenters. The number of hydrogen-bond acceptors (Lipinski definition) is 5. The summed E-state index contributed by atoms with van der Waals surface area (Å²) < 4.78 is 10.3. The van der Waals surface area contributed by atoms with E-state index in [1.807, 2.05) is 38.1 Å². The molecule has 0 spiro atoms. The number of hydrogen-bond donors (Lipinski definition) is 1. The second kappa shape index (κ2) is 8.09. The molecule has 1 rings (SSSR count). The molecule has 0 heterocycles. The van der Waals surface area contributed by atoms with Gasteiger partial charge in [-0.2, -0.15) is 5.10 Å². The Balaban J connectivity index is 2.90. The van der Waals surface area contributed by atoms with Crippen molar-refractivity contribution in [3.63, 3.8) is 0 Å². The maximum absolute atomic E-state index is 11.0. The Labute approximate surface area is 125 Å². The standard InChI is InChI=1S/C16H22N2O3/c1-6-7-16(12(3)21-13(4)19)18-17-15-9-8-14(20-5)10-11(15)2/h6-10,12,17H,1-5H3/b7-6-,18-16-. The lowest BCUT2D eigenvalue weighted by atomic mass is 10.2. The van der Waals surface area contributed by atoms with E-state index in [0.29, 0.717) is 5.71 Å². The Kier molecular flexibility index (Phi) is 6.46. The van der Waals surface area contributed by atoms with Crippen molar-refractivity contribution < 1.29 is 14.3 Å². The molecule has 114 valence electrons. The Hall–Kier alpha value is -2.30. The topological polar surface area (TPSA) is 59.9 Å². The van der Waals surface area contributed by atoms with Gasteiger partial charge in [-0.25, -0.2) is 0 Å². The van der Waals surface area contributed by atoms with E-state index in [4.69, 9.17) is 9.47 Å². The first-order chi connectivity index (χ1) is 9.97. The van der Waals surface area contributed by atoms with Gasteiger partial charge in [0.05, 0.1) is 12.8 Å². The third-order valence-electron chi connectivity index (χ3n) is 2.84. The largest absolute Gasteiger partial charge is 0.497 e. The predicted molar refractivity (Wildman–Crippen MR) is 84.8 cm³/mol. The molecule has 0 aromatic heterocycles. The quantitative estimate of drug-likeness (QED) is 0.496. The lowest BCUT2D eigenvalue weighted by Crippen LogP contribution is -2.22. The minimum atomic E-state index is -0.412. The monoisotopic (exact) mass is 290 g/mol. The number of hydrazone groups is 1. The SMILES string of the molecule is C/C=C\C(=N\Nc1ccc(OC)cc1C)C(C)OC(C)=O. The molecule has 5 nitrogen and oxygen atoms in total. The number of benzene rings is 1. The number of allylic oxidation sites excluding steroid dienone is 1. The number of esters is 1. The van der Waals surface area contributed by atoms with Crippen molar-refractivity contribution >= 4 is 17.4 Å². The zero-order valence-corrected chi connectivity index (χ0v) is 13.1. The fraction of sp³-hybridized carbons (Fsp3) is 0.375. The minimum Gasteiger partial charge on any atom is -0.497 e. The van der Waals surface area contributed by atoms with Gasteiger partial charge in [0.2, 0.25) is 0 Å². The third kappa shape index (κ3) is 5.30. The van der Waals surface area contributed by atoms with Crippen LogP contribution in [0.3, 0.4) is 0 Å². The Morgan fingerprint density at radius 2 is 2.14 bits per heavy atom. The summed E-state index contributed by atoms with van der Waals surface area (Å²) in [7, 11) is 1.63. The maximum Gasteiger partial charge on any atom is 0.303 e. The lowest BCUT2D eigenvalue weighted by Gasteiger charge is -2.13. The molecule has 1 atom stereocenters. The van der Waals surface area contributed by atoms with Crippen LogP contribution in [0, 0.1) is 6.92 Å². The van der Waals surface area contributed by atoms with Crippen LogP contribution in [0.4, 0.5) is 5.69 Å². The molecule has 5 heteroatoms. The number of aryl methyl sites for hydroxylation is 1. The first-order valence-electron chi connectivity index (χ1n) is 6.76. The minimum absolute atomic E-state index is 0.333. The van der Waals surface area contributed by atoms with Gasteiger partial charge < -0.3 is 9.47 Å². The molecular weight excluding hydrogens is 268 g/mol. The van der Waals surface area contributed by atoms with Crippen LogP contribution in [0.15, 0.2) is 35.5 Å². The summed E-state index contributed by atoms with van der Waals surface area (Å²) in [5.74, 6) is 0.462. The number of ether oxygens (including phenoxy) is 2. The van der Waals surface area contributed by atoms with Gasteiger partial charge in [-0.1, -0.05) is 6.08 Å². The molecule has 0 bridgehead atoms. The maximum atomic E-state index is 11.0. The van der Waals surface area contributed by atoms with E-state index < -0.39 is 6.10 Å². The van der Waals surface area contributed by atoms with Crippen LogP contribution in [0.2, 0.25) is 0 Å². The molecule has 1 aromatic rings. The molecule has 1 N–H and O–H groups in total. The summed E-state index contributed by atoms with van der Waals surface area (Å²) in [5, 5.41) is 4.31. The molecule has 0 aliphatic carbocycles. The van der Waals surface area contributed by atoms with Gasteiger partial charge in [0, 0.05) is 6.92 Å². The van der Waals surface area contributed by atoms with Gasteiger partial charge >= 0.3 is 5.97 Å².